The summed E-state index contributed by atoms with van der Waals surface area (Å²) in [5.41, 5.74) is 1.54. The zero-order valence-corrected chi connectivity index (χ0v) is 16.0. The summed E-state index contributed by atoms with van der Waals surface area (Å²) in [6, 6.07) is 12.6. The second-order valence-electron chi connectivity index (χ2n) is 6.02. The van der Waals surface area contributed by atoms with Crippen LogP contribution in [0.3, 0.4) is 0 Å². The number of fused-ring (bicyclic) bond motifs is 1. The van der Waals surface area contributed by atoms with Crippen LogP contribution in [0.2, 0.25) is 5.02 Å². The molecule has 0 bridgehead atoms. The third-order valence-corrected chi connectivity index (χ3v) is 4.36. The molecule has 2 heterocycles. The summed E-state index contributed by atoms with van der Waals surface area (Å²) in [4.78, 5) is 29.6. The Morgan fingerprint density at radius 2 is 2.00 bits per heavy atom. The molecule has 0 aliphatic carbocycles. The van der Waals surface area contributed by atoms with E-state index in [2.05, 4.69) is 15.6 Å². The van der Waals surface area contributed by atoms with E-state index in [1.807, 2.05) is 42.6 Å². The molecule has 2 N–H and O–H groups in total. The summed E-state index contributed by atoms with van der Waals surface area (Å²) in [7, 11) is 1.62. The second kappa shape index (κ2) is 9.09. The summed E-state index contributed by atoms with van der Waals surface area (Å²) in [5.74, 6) is 0.391. The number of pyridine rings is 1. The minimum Gasteiger partial charge on any atom is -0.447 e. The van der Waals surface area contributed by atoms with Gasteiger partial charge in [0, 0.05) is 24.8 Å². The van der Waals surface area contributed by atoms with Crippen LogP contribution in [0.5, 0.6) is 0 Å². The zero-order chi connectivity index (χ0) is 19.9. The van der Waals surface area contributed by atoms with Gasteiger partial charge in [-0.3, -0.25) is 5.32 Å². The fraction of sp³-hybridized carbons (Fsp3) is 0.211. The maximum absolute atomic E-state index is 12.1. The molecular weight excluding hydrogens is 382 g/mol. The van der Waals surface area contributed by atoms with Crippen LogP contribution < -0.4 is 10.6 Å². The van der Waals surface area contributed by atoms with E-state index < -0.39 is 6.09 Å². The van der Waals surface area contributed by atoms with E-state index in [4.69, 9.17) is 16.3 Å². The van der Waals surface area contributed by atoms with E-state index in [0.717, 1.165) is 5.56 Å². The molecule has 8 nitrogen and oxygen atoms in total. The molecule has 0 aliphatic rings. The fourth-order valence-corrected chi connectivity index (χ4v) is 2.66. The van der Waals surface area contributed by atoms with E-state index in [1.54, 1.807) is 23.7 Å². The van der Waals surface area contributed by atoms with Gasteiger partial charge in [0.15, 0.2) is 5.82 Å². The van der Waals surface area contributed by atoms with Gasteiger partial charge in [0.25, 0.3) is 0 Å². The Hall–Kier alpha value is -3.26. The minimum absolute atomic E-state index is 0.0508. The first-order valence-electron chi connectivity index (χ1n) is 8.63. The molecule has 0 aliphatic heterocycles. The van der Waals surface area contributed by atoms with Crippen molar-refractivity contribution in [3.05, 3.63) is 65.4 Å². The average molecular weight is 402 g/mol. The predicted octanol–water partition coefficient (Wildman–Crippen LogP) is 3.38. The summed E-state index contributed by atoms with van der Waals surface area (Å²) < 4.78 is 6.89. The second-order valence-corrected chi connectivity index (χ2v) is 6.43. The lowest BCUT2D eigenvalue weighted by atomic mass is 10.2. The highest BCUT2D eigenvalue weighted by Crippen LogP contribution is 2.14. The normalized spacial score (nSPS) is 10.5. The van der Waals surface area contributed by atoms with Crippen LogP contribution in [0.25, 0.3) is 5.65 Å². The lowest BCUT2D eigenvalue weighted by Gasteiger charge is -2.18. The molecule has 0 saturated carbocycles. The Morgan fingerprint density at radius 1 is 1.21 bits per heavy atom. The van der Waals surface area contributed by atoms with E-state index in [0.29, 0.717) is 23.0 Å². The van der Waals surface area contributed by atoms with E-state index in [9.17, 15) is 9.59 Å². The molecule has 3 rings (SSSR count). The van der Waals surface area contributed by atoms with Crippen LogP contribution in [0, 0.1) is 0 Å². The minimum atomic E-state index is -0.631. The number of urea groups is 1. The Labute approximate surface area is 167 Å². The van der Waals surface area contributed by atoms with Crippen molar-refractivity contribution < 1.29 is 14.3 Å². The lowest BCUT2D eigenvalue weighted by Crippen LogP contribution is -2.39. The van der Waals surface area contributed by atoms with Gasteiger partial charge in [0.1, 0.15) is 12.3 Å². The molecule has 0 fully saturated rings. The molecule has 0 unspecified atom stereocenters. The van der Waals surface area contributed by atoms with Crippen molar-refractivity contribution in [3.8, 4) is 0 Å². The summed E-state index contributed by atoms with van der Waals surface area (Å²) in [6.07, 6.45) is 2.88. The third-order valence-electron chi connectivity index (χ3n) is 3.99. The van der Waals surface area contributed by atoms with Crippen molar-refractivity contribution in [3.63, 3.8) is 0 Å². The number of benzene rings is 1. The van der Waals surface area contributed by atoms with E-state index >= 15 is 0 Å². The predicted molar refractivity (Wildman–Crippen MR) is 106 cm³/mol. The number of carbonyl (C=O) groups excluding carboxylic acids is 2. The van der Waals surface area contributed by atoms with Crippen LogP contribution in [0.4, 0.5) is 15.4 Å². The average Bonchev–Trinajstić information content (AvgIpc) is 3.09. The zero-order valence-electron chi connectivity index (χ0n) is 15.3. The monoisotopic (exact) mass is 401 g/mol. The van der Waals surface area contributed by atoms with Crippen LogP contribution >= 0.6 is 11.6 Å². The van der Waals surface area contributed by atoms with Crippen molar-refractivity contribution in [2.45, 2.75) is 6.54 Å². The standard InChI is InChI=1S/C19H20ClN5O3/c1-24(18(26)21-12-14-6-2-3-7-15(14)20)10-11-28-19(27)23-16-13-25-9-5-4-8-17(25)22-16/h2-9,13H,10-12H2,1H3,(H,21,26)(H,23,27). The molecule has 9 heteroatoms. The number of hydrogen-bond donors (Lipinski definition) is 2. The Bertz CT molecular complexity index is 942. The number of anilines is 1. The van der Waals surface area contributed by atoms with Crippen LogP contribution in [0.15, 0.2) is 54.9 Å². The Balaban J connectivity index is 1.39. The molecule has 0 atom stereocenters. The van der Waals surface area contributed by atoms with Gasteiger partial charge < -0.3 is 19.4 Å². The quantitative estimate of drug-likeness (QED) is 0.662. The van der Waals surface area contributed by atoms with E-state index in [-0.39, 0.29) is 19.2 Å². The highest BCUT2D eigenvalue weighted by Gasteiger charge is 2.11. The molecule has 0 radical (unpaired) electrons. The van der Waals surface area contributed by atoms with Gasteiger partial charge in [0.2, 0.25) is 0 Å². The number of nitrogens with zero attached hydrogens (tertiary/aromatic N) is 3. The van der Waals surface area contributed by atoms with Gasteiger partial charge >= 0.3 is 12.1 Å². The summed E-state index contributed by atoms with van der Waals surface area (Å²) in [6.45, 7) is 0.611. The first-order chi connectivity index (χ1) is 13.5. The number of carbonyl (C=O) groups is 2. The molecule has 0 saturated heterocycles. The molecule has 3 aromatic rings. The van der Waals surface area contributed by atoms with Gasteiger partial charge in [-0.1, -0.05) is 35.9 Å². The smallest absolute Gasteiger partial charge is 0.412 e. The van der Waals surface area contributed by atoms with Gasteiger partial charge in [-0.25, -0.2) is 14.6 Å². The van der Waals surface area contributed by atoms with Gasteiger partial charge in [-0.15, -0.1) is 0 Å². The number of aromatic nitrogens is 2. The number of ether oxygens (including phenoxy) is 1. The maximum Gasteiger partial charge on any atom is 0.412 e. The number of rotatable bonds is 6. The number of halogens is 1. The van der Waals surface area contributed by atoms with Crippen molar-refractivity contribution in [2.24, 2.45) is 0 Å². The van der Waals surface area contributed by atoms with Crippen molar-refractivity contribution >= 4 is 35.2 Å². The first kappa shape index (κ1) is 19.5. The third kappa shape index (κ3) is 5.14. The number of likely N-dealkylation sites (N-methyl/N-ethyl adjacent to an activating group) is 1. The van der Waals surface area contributed by atoms with Crippen molar-refractivity contribution in [1.82, 2.24) is 19.6 Å². The van der Waals surface area contributed by atoms with Crippen LogP contribution in [0.1, 0.15) is 5.56 Å². The topological polar surface area (TPSA) is 88.0 Å². The molecule has 28 heavy (non-hydrogen) atoms. The van der Waals surface area contributed by atoms with Gasteiger partial charge in [0.05, 0.1) is 12.7 Å². The number of nitrogens with one attached hydrogen (secondary N) is 2. The van der Waals surface area contributed by atoms with Crippen molar-refractivity contribution in [1.29, 1.82) is 0 Å². The molecular formula is C19H20ClN5O3. The lowest BCUT2D eigenvalue weighted by molar-refractivity contribution is 0.146. The number of hydrogen-bond acceptors (Lipinski definition) is 4. The number of imidazole rings is 1. The fourth-order valence-electron chi connectivity index (χ4n) is 2.46. The largest absolute Gasteiger partial charge is 0.447 e. The summed E-state index contributed by atoms with van der Waals surface area (Å²) in [5, 5.41) is 5.92. The highest BCUT2D eigenvalue weighted by molar-refractivity contribution is 6.31. The van der Waals surface area contributed by atoms with E-state index in [1.165, 1.54) is 4.90 Å². The number of amides is 3. The Morgan fingerprint density at radius 3 is 2.79 bits per heavy atom. The van der Waals surface area contributed by atoms with Gasteiger partial charge in [-0.05, 0) is 23.8 Å². The molecule has 2 aromatic heterocycles. The molecule has 0 spiro atoms. The maximum atomic E-state index is 12.1. The summed E-state index contributed by atoms with van der Waals surface area (Å²) >= 11 is 6.06. The molecule has 1 aromatic carbocycles. The van der Waals surface area contributed by atoms with Crippen molar-refractivity contribution in [2.75, 3.05) is 25.5 Å². The highest BCUT2D eigenvalue weighted by atomic mass is 35.5. The molecule has 146 valence electrons. The molecule has 3 amide bonds. The first-order valence-corrected chi connectivity index (χ1v) is 9.00. The van der Waals surface area contributed by atoms with Crippen LogP contribution in [-0.4, -0.2) is 46.6 Å². The SMILES string of the molecule is CN(CCOC(=O)Nc1cn2ccccc2n1)C(=O)NCc1ccccc1Cl. The Kier molecular flexibility index (Phi) is 6.33. The van der Waals surface area contributed by atoms with Crippen LogP contribution in [-0.2, 0) is 11.3 Å². The van der Waals surface area contributed by atoms with Gasteiger partial charge in [-0.2, -0.15) is 0 Å².